The first-order chi connectivity index (χ1) is 16.2. The lowest BCUT2D eigenvalue weighted by atomic mass is 10.1. The number of aromatic amines is 1. The summed E-state index contributed by atoms with van der Waals surface area (Å²) in [6.45, 7) is 7.85. The van der Waals surface area contributed by atoms with Crippen molar-refractivity contribution in [3.8, 4) is 0 Å². The van der Waals surface area contributed by atoms with Crippen molar-refractivity contribution in [1.29, 1.82) is 0 Å². The first kappa shape index (κ1) is 25.3. The number of rotatable bonds is 10. The van der Waals surface area contributed by atoms with Crippen molar-refractivity contribution in [1.82, 2.24) is 14.5 Å². The first-order valence-corrected chi connectivity index (χ1v) is 12.0. The normalized spacial score (nSPS) is 13.6. The van der Waals surface area contributed by atoms with Crippen LogP contribution in [0.5, 0.6) is 0 Å². The topological polar surface area (TPSA) is 121 Å². The lowest BCUT2D eigenvalue weighted by Crippen LogP contribution is -2.42. The van der Waals surface area contributed by atoms with E-state index in [1.54, 1.807) is 23.1 Å². The van der Waals surface area contributed by atoms with Crippen molar-refractivity contribution in [2.45, 2.75) is 66.0 Å². The highest BCUT2D eigenvalue weighted by atomic mass is 16.2. The third kappa shape index (κ3) is 5.76. The molecule has 9 heteroatoms. The Morgan fingerprint density at radius 1 is 1.24 bits per heavy atom. The maximum absolute atomic E-state index is 13.7. The third-order valence-electron chi connectivity index (χ3n) is 6.11. The van der Waals surface area contributed by atoms with Gasteiger partial charge in [-0.2, -0.15) is 0 Å². The predicted molar refractivity (Wildman–Crippen MR) is 133 cm³/mol. The molecule has 0 radical (unpaired) electrons. The molecular weight excluding hydrogens is 434 g/mol. The summed E-state index contributed by atoms with van der Waals surface area (Å²) < 4.78 is 1.32. The molecular formula is C25H35N5O4. The summed E-state index contributed by atoms with van der Waals surface area (Å²) in [5.41, 5.74) is 6.31. The van der Waals surface area contributed by atoms with Gasteiger partial charge in [0.2, 0.25) is 5.91 Å². The highest BCUT2D eigenvalue weighted by molar-refractivity contribution is 6.07. The van der Waals surface area contributed by atoms with E-state index in [1.165, 1.54) is 9.47 Å². The summed E-state index contributed by atoms with van der Waals surface area (Å²) in [4.78, 5) is 56.4. The van der Waals surface area contributed by atoms with E-state index in [9.17, 15) is 19.2 Å². The van der Waals surface area contributed by atoms with Gasteiger partial charge in [-0.15, -0.1) is 0 Å². The zero-order valence-corrected chi connectivity index (χ0v) is 20.3. The number of carbonyl (C=O) groups excluding carboxylic acids is 2. The van der Waals surface area contributed by atoms with Crippen LogP contribution in [0.1, 0.15) is 68.8 Å². The van der Waals surface area contributed by atoms with Crippen molar-refractivity contribution in [3.05, 3.63) is 56.2 Å². The van der Waals surface area contributed by atoms with Crippen LogP contribution in [-0.2, 0) is 17.9 Å². The Labute approximate surface area is 199 Å². The van der Waals surface area contributed by atoms with Gasteiger partial charge in [-0.3, -0.25) is 23.9 Å². The lowest BCUT2D eigenvalue weighted by molar-refractivity contribution is -0.128. The monoisotopic (exact) mass is 469 g/mol. The summed E-state index contributed by atoms with van der Waals surface area (Å²) in [7, 11) is 0. The number of carbonyl (C=O) groups is 2. The van der Waals surface area contributed by atoms with E-state index < -0.39 is 11.2 Å². The van der Waals surface area contributed by atoms with Crippen LogP contribution in [0.2, 0.25) is 0 Å². The van der Waals surface area contributed by atoms with Gasteiger partial charge in [0.25, 0.3) is 11.5 Å². The number of anilines is 2. The van der Waals surface area contributed by atoms with Crippen LogP contribution in [0, 0.1) is 5.92 Å². The number of nitrogens with two attached hydrogens (primary N) is 1. The van der Waals surface area contributed by atoms with Gasteiger partial charge in [0.15, 0.2) is 5.69 Å². The van der Waals surface area contributed by atoms with Crippen molar-refractivity contribution in [2.24, 2.45) is 5.92 Å². The molecule has 3 N–H and O–H groups in total. The molecule has 2 heterocycles. The largest absolute Gasteiger partial charge is 0.383 e. The Hall–Kier alpha value is -3.36. The Morgan fingerprint density at radius 3 is 2.65 bits per heavy atom. The number of nitrogens with one attached hydrogen (secondary N) is 1. The summed E-state index contributed by atoms with van der Waals surface area (Å²) in [5.74, 6) is 0.0318. The van der Waals surface area contributed by atoms with E-state index in [4.69, 9.17) is 5.73 Å². The van der Waals surface area contributed by atoms with Gasteiger partial charge in [-0.05, 0) is 42.9 Å². The molecule has 0 bridgehead atoms. The molecule has 0 spiro atoms. The van der Waals surface area contributed by atoms with Crippen LogP contribution < -0.4 is 21.9 Å². The van der Waals surface area contributed by atoms with Gasteiger partial charge in [0.1, 0.15) is 5.82 Å². The summed E-state index contributed by atoms with van der Waals surface area (Å²) in [6, 6.07) is 7.11. The fraction of sp³-hybridized carbons (Fsp3) is 0.520. The second-order valence-corrected chi connectivity index (χ2v) is 9.26. The molecule has 2 aromatic rings. The number of hydrogen-bond acceptors (Lipinski definition) is 5. The fourth-order valence-electron chi connectivity index (χ4n) is 4.13. The number of aromatic nitrogens is 2. The third-order valence-corrected chi connectivity index (χ3v) is 6.11. The van der Waals surface area contributed by atoms with Crippen molar-refractivity contribution < 1.29 is 9.59 Å². The molecule has 0 unspecified atom stereocenters. The number of nitrogen functional groups attached to an aromatic ring is 1. The van der Waals surface area contributed by atoms with Gasteiger partial charge in [-0.1, -0.05) is 39.3 Å². The van der Waals surface area contributed by atoms with Crippen LogP contribution in [0.3, 0.4) is 0 Å². The summed E-state index contributed by atoms with van der Waals surface area (Å²) in [5, 5.41) is 0. The van der Waals surface area contributed by atoms with Crippen LogP contribution in [0.25, 0.3) is 0 Å². The minimum Gasteiger partial charge on any atom is -0.383 e. The Morgan fingerprint density at radius 2 is 2.00 bits per heavy atom. The molecule has 3 rings (SSSR count). The fourth-order valence-corrected chi connectivity index (χ4v) is 4.13. The molecule has 0 aliphatic carbocycles. The van der Waals surface area contributed by atoms with Crippen molar-refractivity contribution >= 4 is 23.3 Å². The average molecular weight is 470 g/mol. The second kappa shape index (κ2) is 11.2. The standard InChI is InChI=1S/C25H35N5O4/c1-4-5-13-30-22(26)21(23(32)27-25(30)34)29(14-11-17(2)3)24(33)19-9-6-8-18(15-19)16-28-12-7-10-20(28)31/h6,8-9,15,17H,4-5,7,10-14,16,26H2,1-3H3,(H,27,32,34). The SMILES string of the molecule is CCCCn1c(N)c(N(CCC(C)C)C(=O)c2cccc(CN3CCCC3=O)c2)c(=O)[nH]c1=O. The highest BCUT2D eigenvalue weighted by Crippen LogP contribution is 2.22. The molecule has 9 nitrogen and oxygen atoms in total. The quantitative estimate of drug-likeness (QED) is 0.554. The Kier molecular flexibility index (Phi) is 8.31. The average Bonchev–Trinajstić information content (AvgIpc) is 3.19. The minimum absolute atomic E-state index is 0.00137. The number of likely N-dealkylation sites (tertiary alicyclic amines) is 1. The van der Waals surface area contributed by atoms with E-state index in [0.29, 0.717) is 44.5 Å². The predicted octanol–water partition coefficient (Wildman–Crippen LogP) is 2.73. The molecule has 2 amide bonds. The minimum atomic E-state index is -0.675. The van der Waals surface area contributed by atoms with Crippen LogP contribution in [-0.4, -0.2) is 39.4 Å². The van der Waals surface area contributed by atoms with Gasteiger partial charge in [0, 0.05) is 38.2 Å². The Bertz CT molecular complexity index is 1150. The van der Waals surface area contributed by atoms with Gasteiger partial charge in [0.05, 0.1) is 0 Å². The van der Waals surface area contributed by atoms with Crippen LogP contribution in [0.15, 0.2) is 33.9 Å². The second-order valence-electron chi connectivity index (χ2n) is 9.26. The zero-order chi connectivity index (χ0) is 24.8. The van der Waals surface area contributed by atoms with Crippen molar-refractivity contribution in [3.63, 3.8) is 0 Å². The molecule has 1 saturated heterocycles. The number of nitrogens with zero attached hydrogens (tertiary/aromatic N) is 3. The molecule has 1 aliphatic rings. The zero-order valence-electron chi connectivity index (χ0n) is 20.3. The van der Waals surface area contributed by atoms with Gasteiger partial charge < -0.3 is 15.5 Å². The number of amides is 2. The summed E-state index contributed by atoms with van der Waals surface area (Å²) >= 11 is 0. The van der Waals surface area contributed by atoms with Crippen LogP contribution in [0.4, 0.5) is 11.5 Å². The number of benzene rings is 1. The maximum Gasteiger partial charge on any atom is 0.330 e. The van der Waals surface area contributed by atoms with E-state index in [0.717, 1.165) is 18.4 Å². The van der Waals surface area contributed by atoms with Crippen LogP contribution >= 0.6 is 0 Å². The van der Waals surface area contributed by atoms with E-state index in [2.05, 4.69) is 4.98 Å². The molecule has 1 aliphatic heterocycles. The lowest BCUT2D eigenvalue weighted by Gasteiger charge is -2.25. The molecule has 184 valence electrons. The number of unbranched alkanes of at least 4 members (excludes halogenated alkanes) is 1. The van der Waals surface area contributed by atoms with E-state index in [-0.39, 0.29) is 35.8 Å². The van der Waals surface area contributed by atoms with Crippen molar-refractivity contribution in [2.75, 3.05) is 23.7 Å². The molecule has 0 atom stereocenters. The number of H-pyrrole nitrogens is 1. The molecule has 34 heavy (non-hydrogen) atoms. The smallest absolute Gasteiger partial charge is 0.330 e. The van der Waals surface area contributed by atoms with E-state index >= 15 is 0 Å². The Balaban J connectivity index is 1.99. The maximum atomic E-state index is 13.7. The molecule has 1 aromatic carbocycles. The first-order valence-electron chi connectivity index (χ1n) is 12.0. The van der Waals surface area contributed by atoms with E-state index in [1.807, 2.05) is 26.8 Å². The van der Waals surface area contributed by atoms with Gasteiger partial charge in [-0.25, -0.2) is 4.79 Å². The molecule has 0 saturated carbocycles. The summed E-state index contributed by atoms with van der Waals surface area (Å²) in [6.07, 6.45) is 3.61. The molecule has 1 aromatic heterocycles. The van der Waals surface area contributed by atoms with Gasteiger partial charge >= 0.3 is 5.69 Å². The highest BCUT2D eigenvalue weighted by Gasteiger charge is 2.26. The number of hydrogen-bond donors (Lipinski definition) is 2. The molecule has 1 fully saturated rings.